The number of carbonyl (C=O) groups is 2. The highest BCUT2D eigenvalue weighted by molar-refractivity contribution is 5.84. The second-order valence-electron chi connectivity index (χ2n) is 4.13. The zero-order chi connectivity index (χ0) is 11.3. The van der Waals surface area contributed by atoms with Gasteiger partial charge in [-0.2, -0.15) is 0 Å². The lowest BCUT2D eigenvalue weighted by Gasteiger charge is -2.27. The van der Waals surface area contributed by atoms with Crippen molar-refractivity contribution < 1.29 is 14.7 Å². The van der Waals surface area contributed by atoms with Crippen molar-refractivity contribution >= 4 is 11.9 Å². The van der Waals surface area contributed by atoms with E-state index < -0.39 is 11.9 Å². The van der Waals surface area contributed by atoms with Crippen molar-refractivity contribution in [3.8, 4) is 0 Å². The molecule has 4 heteroatoms. The van der Waals surface area contributed by atoms with Crippen molar-refractivity contribution in [1.82, 2.24) is 5.32 Å². The summed E-state index contributed by atoms with van der Waals surface area (Å²) in [6, 6.07) is 0. The van der Waals surface area contributed by atoms with Crippen molar-refractivity contribution in [1.29, 1.82) is 0 Å². The fourth-order valence-corrected chi connectivity index (χ4v) is 2.12. The van der Waals surface area contributed by atoms with Crippen LogP contribution in [-0.2, 0) is 9.59 Å². The summed E-state index contributed by atoms with van der Waals surface area (Å²) in [5.41, 5.74) is 0. The number of hydrogen-bond acceptors (Lipinski definition) is 2. The van der Waals surface area contributed by atoms with Crippen LogP contribution in [0, 0.1) is 11.8 Å². The summed E-state index contributed by atoms with van der Waals surface area (Å²) in [7, 11) is 0. The molecule has 2 atom stereocenters. The highest BCUT2D eigenvalue weighted by Gasteiger charge is 2.35. The van der Waals surface area contributed by atoms with Crippen LogP contribution in [0.3, 0.4) is 0 Å². The largest absolute Gasteiger partial charge is 0.481 e. The Morgan fingerprint density at radius 2 is 1.87 bits per heavy atom. The van der Waals surface area contributed by atoms with Gasteiger partial charge in [0.15, 0.2) is 0 Å². The number of aliphatic carboxylic acids is 1. The summed E-state index contributed by atoms with van der Waals surface area (Å²) in [6.45, 7) is 2.62. The van der Waals surface area contributed by atoms with E-state index in [1.165, 1.54) is 0 Å². The van der Waals surface area contributed by atoms with Crippen LogP contribution >= 0.6 is 0 Å². The maximum atomic E-state index is 11.7. The summed E-state index contributed by atoms with van der Waals surface area (Å²) in [4.78, 5) is 22.7. The van der Waals surface area contributed by atoms with Crippen molar-refractivity contribution in [3.05, 3.63) is 0 Å². The molecule has 15 heavy (non-hydrogen) atoms. The third kappa shape index (κ3) is 3.22. The van der Waals surface area contributed by atoms with Gasteiger partial charge in [0.05, 0.1) is 11.8 Å². The molecule has 86 valence electrons. The molecule has 1 fully saturated rings. The van der Waals surface area contributed by atoms with E-state index in [1.54, 1.807) is 0 Å². The van der Waals surface area contributed by atoms with Crippen molar-refractivity contribution in [3.63, 3.8) is 0 Å². The maximum Gasteiger partial charge on any atom is 0.307 e. The number of carboxylic acid groups (broad SMARTS) is 1. The molecule has 1 aliphatic rings. The smallest absolute Gasteiger partial charge is 0.307 e. The van der Waals surface area contributed by atoms with Crippen LogP contribution in [0.25, 0.3) is 0 Å². The van der Waals surface area contributed by atoms with Gasteiger partial charge < -0.3 is 10.4 Å². The van der Waals surface area contributed by atoms with E-state index in [9.17, 15) is 9.59 Å². The lowest BCUT2D eigenvalue weighted by atomic mass is 9.79. The summed E-state index contributed by atoms with van der Waals surface area (Å²) >= 11 is 0. The lowest BCUT2D eigenvalue weighted by molar-refractivity contribution is -0.148. The topological polar surface area (TPSA) is 66.4 Å². The summed E-state index contributed by atoms with van der Waals surface area (Å²) in [5, 5.41) is 11.8. The standard InChI is InChI=1S/C11H19NO3/c1-2-7-12-10(13)8-5-3-4-6-9(8)11(14)15/h8-9H,2-7H2,1H3,(H,12,13)(H,14,15)/t8-,9+/m1/s1. The quantitative estimate of drug-likeness (QED) is 0.742. The van der Waals surface area contributed by atoms with Crippen LogP contribution in [0.5, 0.6) is 0 Å². The minimum absolute atomic E-state index is 0.0797. The number of nitrogens with one attached hydrogen (secondary N) is 1. The Balaban J connectivity index is 2.55. The van der Waals surface area contributed by atoms with Crippen LogP contribution in [-0.4, -0.2) is 23.5 Å². The number of amides is 1. The van der Waals surface area contributed by atoms with Crippen molar-refractivity contribution in [2.45, 2.75) is 39.0 Å². The first-order valence-corrected chi connectivity index (χ1v) is 5.67. The van der Waals surface area contributed by atoms with Gasteiger partial charge in [0.2, 0.25) is 5.91 Å². The molecule has 0 saturated heterocycles. The van der Waals surface area contributed by atoms with E-state index >= 15 is 0 Å². The molecule has 4 nitrogen and oxygen atoms in total. The first-order valence-electron chi connectivity index (χ1n) is 5.67. The molecule has 0 aromatic carbocycles. The Labute approximate surface area is 90.0 Å². The predicted molar refractivity (Wildman–Crippen MR) is 56.4 cm³/mol. The minimum atomic E-state index is -0.827. The van der Waals surface area contributed by atoms with Crippen molar-refractivity contribution in [2.75, 3.05) is 6.54 Å². The number of carboxylic acids is 1. The first-order chi connectivity index (χ1) is 7.16. The molecule has 1 rings (SSSR count). The second kappa shape index (κ2) is 5.73. The highest BCUT2D eigenvalue weighted by atomic mass is 16.4. The average molecular weight is 213 g/mol. The van der Waals surface area contributed by atoms with E-state index in [1.807, 2.05) is 6.92 Å². The molecular weight excluding hydrogens is 194 g/mol. The van der Waals surface area contributed by atoms with Gasteiger partial charge in [-0.25, -0.2) is 0 Å². The molecule has 0 bridgehead atoms. The van der Waals surface area contributed by atoms with Gasteiger partial charge in [-0.3, -0.25) is 9.59 Å². The van der Waals surface area contributed by atoms with Gasteiger partial charge in [0.25, 0.3) is 0 Å². The molecule has 0 spiro atoms. The third-order valence-corrected chi connectivity index (χ3v) is 2.97. The Kier molecular flexibility index (Phi) is 4.59. The van der Waals surface area contributed by atoms with Crippen LogP contribution < -0.4 is 5.32 Å². The molecule has 0 radical (unpaired) electrons. The predicted octanol–water partition coefficient (Wildman–Crippen LogP) is 1.40. The molecular formula is C11H19NO3. The van der Waals surface area contributed by atoms with E-state index in [-0.39, 0.29) is 11.8 Å². The zero-order valence-corrected chi connectivity index (χ0v) is 9.16. The van der Waals surface area contributed by atoms with E-state index in [0.717, 1.165) is 19.3 Å². The number of carbonyl (C=O) groups excluding carboxylic acids is 1. The van der Waals surface area contributed by atoms with Gasteiger partial charge in [0.1, 0.15) is 0 Å². The number of hydrogen-bond donors (Lipinski definition) is 2. The van der Waals surface area contributed by atoms with Gasteiger partial charge >= 0.3 is 5.97 Å². The Morgan fingerprint density at radius 3 is 2.40 bits per heavy atom. The van der Waals surface area contributed by atoms with E-state index in [2.05, 4.69) is 5.32 Å². The minimum Gasteiger partial charge on any atom is -0.481 e. The van der Waals surface area contributed by atoms with Crippen LogP contribution in [0.15, 0.2) is 0 Å². The summed E-state index contributed by atoms with van der Waals surface area (Å²) < 4.78 is 0. The van der Waals surface area contributed by atoms with Gasteiger partial charge in [0, 0.05) is 6.54 Å². The fraction of sp³-hybridized carbons (Fsp3) is 0.818. The summed E-state index contributed by atoms with van der Waals surface area (Å²) in [6.07, 6.45) is 4.13. The monoisotopic (exact) mass is 213 g/mol. The average Bonchev–Trinajstić information content (AvgIpc) is 2.25. The Bertz CT molecular complexity index is 240. The molecule has 1 saturated carbocycles. The fourth-order valence-electron chi connectivity index (χ4n) is 2.12. The summed E-state index contributed by atoms with van der Waals surface area (Å²) in [5.74, 6) is -1.70. The van der Waals surface area contributed by atoms with E-state index in [4.69, 9.17) is 5.11 Å². The van der Waals surface area contributed by atoms with E-state index in [0.29, 0.717) is 19.4 Å². The Morgan fingerprint density at radius 1 is 1.27 bits per heavy atom. The molecule has 0 unspecified atom stereocenters. The van der Waals surface area contributed by atoms with Gasteiger partial charge in [-0.05, 0) is 19.3 Å². The van der Waals surface area contributed by atoms with Gasteiger partial charge in [-0.15, -0.1) is 0 Å². The second-order valence-corrected chi connectivity index (χ2v) is 4.13. The van der Waals surface area contributed by atoms with Crippen molar-refractivity contribution in [2.24, 2.45) is 11.8 Å². The highest BCUT2D eigenvalue weighted by Crippen LogP contribution is 2.30. The number of rotatable bonds is 4. The molecule has 0 aromatic rings. The lowest BCUT2D eigenvalue weighted by Crippen LogP contribution is -2.39. The molecule has 0 aromatic heterocycles. The van der Waals surface area contributed by atoms with Crippen LogP contribution in [0.2, 0.25) is 0 Å². The molecule has 1 amide bonds. The normalized spacial score (nSPS) is 25.9. The molecule has 1 aliphatic carbocycles. The first kappa shape index (κ1) is 12.0. The third-order valence-electron chi connectivity index (χ3n) is 2.97. The molecule has 2 N–H and O–H groups in total. The maximum absolute atomic E-state index is 11.7. The Hall–Kier alpha value is -1.06. The van der Waals surface area contributed by atoms with Gasteiger partial charge in [-0.1, -0.05) is 19.8 Å². The van der Waals surface area contributed by atoms with Crippen LogP contribution in [0.1, 0.15) is 39.0 Å². The molecule has 0 heterocycles. The zero-order valence-electron chi connectivity index (χ0n) is 9.16. The molecule has 0 aliphatic heterocycles. The van der Waals surface area contributed by atoms with Crippen LogP contribution in [0.4, 0.5) is 0 Å². The SMILES string of the molecule is CCCNC(=O)[C@@H]1CCCC[C@@H]1C(=O)O.